The molecule has 11 heavy (non-hydrogen) atoms. The van der Waals surface area contributed by atoms with E-state index in [1.54, 1.807) is 12.1 Å². The molecule has 0 fully saturated rings. The molecule has 0 heterocycles. The summed E-state index contributed by atoms with van der Waals surface area (Å²) in [6.45, 7) is 6.44. The highest BCUT2D eigenvalue weighted by Gasteiger charge is 2.01. The van der Waals surface area contributed by atoms with Crippen LogP contribution in [0.5, 0.6) is 0 Å². The van der Waals surface area contributed by atoms with Crippen molar-refractivity contribution in [3.8, 4) is 0 Å². The topological polar surface area (TPSA) is 21.4 Å². The minimum Gasteiger partial charge on any atom is -0.311 e. The summed E-state index contributed by atoms with van der Waals surface area (Å²) >= 11 is 5.57. The maximum absolute atomic E-state index is 10.7. The van der Waals surface area contributed by atoms with Gasteiger partial charge in [0.15, 0.2) is 0 Å². The van der Waals surface area contributed by atoms with Gasteiger partial charge in [-0.2, -0.15) is 4.85 Å². The van der Waals surface area contributed by atoms with Crippen molar-refractivity contribution in [2.24, 2.45) is 0 Å². The van der Waals surface area contributed by atoms with Crippen LogP contribution in [0.3, 0.4) is 0 Å². The molecule has 0 aliphatic carbocycles. The molecular formula is C8H4ClNO. The largest absolute Gasteiger partial charge is 0.385 e. The number of carbonyl (C=O) groups excluding carboxylic acids is 1. The lowest BCUT2D eigenvalue weighted by Gasteiger charge is -1.91. The molecule has 0 aromatic heterocycles. The van der Waals surface area contributed by atoms with Crippen molar-refractivity contribution in [2.45, 2.75) is 0 Å². The van der Waals surface area contributed by atoms with E-state index in [1.807, 2.05) is 0 Å². The van der Waals surface area contributed by atoms with Gasteiger partial charge in [0.05, 0.1) is 6.57 Å². The monoisotopic (exact) mass is 165 g/mol. The average molecular weight is 166 g/mol. The van der Waals surface area contributed by atoms with Crippen LogP contribution >= 0.6 is 11.6 Å². The number of rotatable bonds is 1. The molecule has 0 saturated heterocycles. The number of benzene rings is 1. The molecule has 0 aliphatic heterocycles. The van der Waals surface area contributed by atoms with Gasteiger partial charge in [0.1, 0.15) is 0 Å². The normalized spacial score (nSPS) is 8.73. The van der Waals surface area contributed by atoms with Gasteiger partial charge in [0.25, 0.3) is 0 Å². The second-order valence-corrected chi connectivity index (χ2v) is 2.36. The molecule has 0 atom stereocenters. The van der Waals surface area contributed by atoms with Crippen LogP contribution in [0.25, 0.3) is 4.85 Å². The maximum atomic E-state index is 10.7. The quantitative estimate of drug-likeness (QED) is 0.586. The number of nitrogens with zero attached hydrogens (tertiary/aromatic N) is 1. The summed E-state index contributed by atoms with van der Waals surface area (Å²) in [7, 11) is 0. The van der Waals surface area contributed by atoms with Crippen LogP contribution in [0, 0.1) is 6.57 Å². The van der Waals surface area contributed by atoms with Gasteiger partial charge in [0.2, 0.25) is 0 Å². The first-order chi connectivity index (χ1) is 5.24. The summed E-state index contributed by atoms with van der Waals surface area (Å²) < 4.78 is 0. The van der Waals surface area contributed by atoms with Crippen molar-refractivity contribution in [1.29, 1.82) is 0 Å². The Bertz CT molecular complexity index is 310. The van der Waals surface area contributed by atoms with Crippen LogP contribution in [-0.2, 0) is 0 Å². The fraction of sp³-hybridized carbons (Fsp3) is 0. The molecule has 3 heteroatoms. The van der Waals surface area contributed by atoms with Gasteiger partial charge in [-0.3, -0.25) is 0 Å². The van der Waals surface area contributed by atoms with E-state index in [4.69, 9.17) is 18.2 Å². The van der Waals surface area contributed by atoms with Gasteiger partial charge in [0, 0.05) is 10.6 Å². The summed E-state index contributed by atoms with van der Waals surface area (Å²) in [4.78, 5) is 13.5. The number of hydrogen-bond donors (Lipinski definition) is 0. The van der Waals surface area contributed by atoms with Crippen molar-refractivity contribution in [2.75, 3.05) is 0 Å². The van der Waals surface area contributed by atoms with Crippen LogP contribution in [-0.4, -0.2) is 5.91 Å². The van der Waals surface area contributed by atoms with Crippen LogP contribution in [0.2, 0.25) is 5.02 Å². The Balaban J connectivity index is 3.01. The molecule has 2 nitrogen and oxygen atoms in total. The Morgan fingerprint density at radius 3 is 2.36 bits per heavy atom. The molecule has 0 bridgehead atoms. The number of amides is 1. The lowest BCUT2D eigenvalue weighted by Crippen LogP contribution is -1.89. The average Bonchev–Trinajstić information content (AvgIpc) is 2.05. The minimum absolute atomic E-state index is 0.379. The zero-order chi connectivity index (χ0) is 8.27. The number of carbonyl (C=O) groups is 1. The lowest BCUT2D eigenvalue weighted by molar-refractivity contribution is 0.104. The summed E-state index contributed by atoms with van der Waals surface area (Å²) in [5.74, 6) is -0.554. The van der Waals surface area contributed by atoms with E-state index >= 15 is 0 Å². The molecule has 0 unspecified atom stereocenters. The third-order valence-electron chi connectivity index (χ3n) is 1.19. The summed E-state index contributed by atoms with van der Waals surface area (Å²) in [6.07, 6.45) is 0. The van der Waals surface area contributed by atoms with Gasteiger partial charge >= 0.3 is 5.91 Å². The van der Waals surface area contributed by atoms with E-state index in [0.29, 0.717) is 10.6 Å². The third kappa shape index (κ3) is 1.79. The second-order valence-electron chi connectivity index (χ2n) is 1.92. The Morgan fingerprint density at radius 1 is 1.36 bits per heavy atom. The van der Waals surface area contributed by atoms with Crippen LogP contribution in [0.4, 0.5) is 0 Å². The molecule has 1 amide bonds. The molecule has 0 saturated carbocycles. The molecule has 0 N–H and O–H groups in total. The highest BCUT2D eigenvalue weighted by Crippen LogP contribution is 2.09. The molecule has 1 rings (SSSR count). The first kappa shape index (κ1) is 7.77. The van der Waals surface area contributed by atoms with Gasteiger partial charge in [-0.15, -0.1) is 0 Å². The van der Waals surface area contributed by atoms with E-state index in [2.05, 4.69) is 4.85 Å². The van der Waals surface area contributed by atoms with Crippen LogP contribution in [0.15, 0.2) is 24.3 Å². The maximum Gasteiger partial charge on any atom is 0.385 e. The van der Waals surface area contributed by atoms with Gasteiger partial charge in [-0.05, 0) is 12.1 Å². The van der Waals surface area contributed by atoms with Crippen molar-refractivity contribution in [3.05, 3.63) is 46.3 Å². The van der Waals surface area contributed by atoms with E-state index in [1.165, 1.54) is 12.1 Å². The van der Waals surface area contributed by atoms with Crippen LogP contribution in [0.1, 0.15) is 10.4 Å². The van der Waals surface area contributed by atoms with Crippen LogP contribution < -0.4 is 0 Å². The smallest absolute Gasteiger partial charge is 0.311 e. The molecule has 0 radical (unpaired) electrons. The molecule has 1 aromatic carbocycles. The zero-order valence-corrected chi connectivity index (χ0v) is 6.30. The predicted molar refractivity (Wildman–Crippen MR) is 42.4 cm³/mol. The summed E-state index contributed by atoms with van der Waals surface area (Å²) in [5, 5.41) is 0.562. The third-order valence-corrected chi connectivity index (χ3v) is 1.44. The minimum atomic E-state index is -0.554. The van der Waals surface area contributed by atoms with Crippen molar-refractivity contribution in [3.63, 3.8) is 0 Å². The van der Waals surface area contributed by atoms with E-state index in [0.717, 1.165) is 0 Å². The van der Waals surface area contributed by atoms with Crippen molar-refractivity contribution < 1.29 is 4.79 Å². The Hall–Kier alpha value is -1.33. The highest BCUT2D eigenvalue weighted by molar-refractivity contribution is 6.30. The number of halogens is 1. The molecular weight excluding hydrogens is 162 g/mol. The predicted octanol–water partition coefficient (Wildman–Crippen LogP) is 2.40. The lowest BCUT2D eigenvalue weighted by atomic mass is 10.2. The Labute approximate surface area is 69.2 Å². The van der Waals surface area contributed by atoms with Crippen molar-refractivity contribution in [1.82, 2.24) is 0 Å². The zero-order valence-electron chi connectivity index (χ0n) is 5.54. The highest BCUT2D eigenvalue weighted by atomic mass is 35.5. The van der Waals surface area contributed by atoms with E-state index < -0.39 is 5.91 Å². The standard InChI is InChI=1S/C8H4ClNO/c1-10-8(11)6-2-4-7(9)5-3-6/h2-5H. The Morgan fingerprint density at radius 2 is 1.91 bits per heavy atom. The first-order valence-corrected chi connectivity index (χ1v) is 3.29. The Kier molecular flexibility index (Phi) is 2.25. The molecule has 0 aliphatic rings. The van der Waals surface area contributed by atoms with Gasteiger partial charge < -0.3 is 4.79 Å². The molecule has 0 spiro atoms. The summed E-state index contributed by atoms with van der Waals surface area (Å²) in [6, 6.07) is 6.23. The number of hydrogen-bond acceptors (Lipinski definition) is 1. The van der Waals surface area contributed by atoms with E-state index in [-0.39, 0.29) is 0 Å². The summed E-state index contributed by atoms with van der Waals surface area (Å²) in [5.41, 5.74) is 0.379. The fourth-order valence-electron chi connectivity index (χ4n) is 0.657. The van der Waals surface area contributed by atoms with Crippen molar-refractivity contribution >= 4 is 17.5 Å². The van der Waals surface area contributed by atoms with Gasteiger partial charge in [-0.1, -0.05) is 23.7 Å². The molecule has 54 valence electrons. The van der Waals surface area contributed by atoms with E-state index in [9.17, 15) is 4.79 Å². The van der Waals surface area contributed by atoms with Gasteiger partial charge in [-0.25, -0.2) is 0 Å². The second kappa shape index (κ2) is 3.18. The molecule has 1 aromatic rings. The first-order valence-electron chi connectivity index (χ1n) is 2.91. The SMILES string of the molecule is [C-]#[N+]C(=O)c1ccc(Cl)cc1. The fourth-order valence-corrected chi connectivity index (χ4v) is 0.783.